The highest BCUT2D eigenvalue weighted by Gasteiger charge is 2.26. The summed E-state index contributed by atoms with van der Waals surface area (Å²) in [5.41, 5.74) is 1.51. The summed E-state index contributed by atoms with van der Waals surface area (Å²) in [5, 5.41) is 0. The third-order valence-corrected chi connectivity index (χ3v) is 3.01. The van der Waals surface area contributed by atoms with Crippen LogP contribution in [0.4, 0.5) is 0 Å². The number of nitrogens with zero attached hydrogens (tertiary/aromatic N) is 2. The van der Waals surface area contributed by atoms with Crippen LogP contribution in [0.15, 0.2) is 18.2 Å². The Kier molecular flexibility index (Phi) is 5.69. The second-order valence-corrected chi connectivity index (χ2v) is 6.04. The highest BCUT2D eigenvalue weighted by atomic mass is 16.6. The van der Waals surface area contributed by atoms with Gasteiger partial charge < -0.3 is 4.74 Å². The largest absolute Gasteiger partial charge is 0.459 e. The van der Waals surface area contributed by atoms with E-state index in [9.17, 15) is 4.79 Å². The van der Waals surface area contributed by atoms with Gasteiger partial charge in [0, 0.05) is 12.2 Å². The normalized spacial score (nSPS) is 13.3. The van der Waals surface area contributed by atoms with E-state index in [1.807, 2.05) is 59.7 Å². The zero-order chi connectivity index (χ0) is 15.3. The van der Waals surface area contributed by atoms with E-state index in [1.165, 1.54) is 0 Å². The first-order valence-electron chi connectivity index (χ1n) is 7.12. The number of carbonyl (C=O) groups excluding carboxylic acids is 1. The molecule has 0 fully saturated rings. The molecule has 1 heterocycles. The SMILES string of the molecule is CCN(Cc1cccc(C)n1)C(C)C(=O)OC(C)(C)C. The highest BCUT2D eigenvalue weighted by molar-refractivity contribution is 5.75. The maximum absolute atomic E-state index is 12.1. The summed E-state index contributed by atoms with van der Waals surface area (Å²) in [4.78, 5) is 18.7. The minimum absolute atomic E-state index is 0.188. The van der Waals surface area contributed by atoms with Gasteiger partial charge in [0.25, 0.3) is 0 Å². The molecule has 0 bridgehead atoms. The molecule has 0 aliphatic heterocycles. The Labute approximate surface area is 122 Å². The van der Waals surface area contributed by atoms with E-state index in [1.54, 1.807) is 0 Å². The van der Waals surface area contributed by atoms with Gasteiger partial charge in [-0.05, 0) is 53.3 Å². The van der Waals surface area contributed by atoms with E-state index in [2.05, 4.69) is 9.88 Å². The fourth-order valence-electron chi connectivity index (χ4n) is 1.95. The molecule has 1 atom stereocenters. The van der Waals surface area contributed by atoms with Gasteiger partial charge in [0.05, 0.1) is 5.69 Å². The van der Waals surface area contributed by atoms with Crippen molar-refractivity contribution in [1.82, 2.24) is 9.88 Å². The third kappa shape index (κ3) is 5.29. The van der Waals surface area contributed by atoms with Gasteiger partial charge in [-0.3, -0.25) is 14.7 Å². The molecule has 0 amide bonds. The Morgan fingerprint density at radius 1 is 1.40 bits per heavy atom. The van der Waals surface area contributed by atoms with Gasteiger partial charge >= 0.3 is 5.97 Å². The fraction of sp³-hybridized carbons (Fsp3) is 0.625. The Hall–Kier alpha value is -1.42. The van der Waals surface area contributed by atoms with Gasteiger partial charge in [0.2, 0.25) is 0 Å². The number of esters is 1. The van der Waals surface area contributed by atoms with E-state index >= 15 is 0 Å². The minimum atomic E-state index is -0.452. The van der Waals surface area contributed by atoms with Crippen LogP contribution in [0.5, 0.6) is 0 Å². The Morgan fingerprint density at radius 3 is 2.55 bits per heavy atom. The molecule has 112 valence electrons. The highest BCUT2D eigenvalue weighted by Crippen LogP contribution is 2.13. The zero-order valence-corrected chi connectivity index (χ0v) is 13.4. The van der Waals surface area contributed by atoms with Gasteiger partial charge in [-0.25, -0.2) is 0 Å². The third-order valence-electron chi connectivity index (χ3n) is 3.01. The molecule has 0 radical (unpaired) electrons. The van der Waals surface area contributed by atoms with Crippen molar-refractivity contribution in [3.8, 4) is 0 Å². The standard InChI is InChI=1S/C16H26N2O2/c1-7-18(11-14-10-8-9-12(2)17-14)13(3)15(19)20-16(4,5)6/h8-10,13H,7,11H2,1-6H3. The van der Waals surface area contributed by atoms with Crippen molar-refractivity contribution < 1.29 is 9.53 Å². The van der Waals surface area contributed by atoms with Gasteiger partial charge in [0.1, 0.15) is 11.6 Å². The summed E-state index contributed by atoms with van der Waals surface area (Å²) >= 11 is 0. The average molecular weight is 278 g/mol. The maximum atomic E-state index is 12.1. The average Bonchev–Trinajstić information content (AvgIpc) is 2.33. The summed E-state index contributed by atoms with van der Waals surface area (Å²) in [6.07, 6.45) is 0. The zero-order valence-electron chi connectivity index (χ0n) is 13.4. The second kappa shape index (κ2) is 6.84. The van der Waals surface area contributed by atoms with Crippen molar-refractivity contribution in [2.75, 3.05) is 6.54 Å². The van der Waals surface area contributed by atoms with Gasteiger partial charge in [0.15, 0.2) is 0 Å². The van der Waals surface area contributed by atoms with Gasteiger partial charge in [-0.1, -0.05) is 13.0 Å². The molecular formula is C16H26N2O2. The van der Waals surface area contributed by atoms with Crippen molar-refractivity contribution in [1.29, 1.82) is 0 Å². The Balaban J connectivity index is 2.72. The lowest BCUT2D eigenvalue weighted by atomic mass is 10.2. The fourth-order valence-corrected chi connectivity index (χ4v) is 1.95. The lowest BCUT2D eigenvalue weighted by Crippen LogP contribution is -2.42. The molecule has 20 heavy (non-hydrogen) atoms. The smallest absolute Gasteiger partial charge is 0.323 e. The molecule has 0 N–H and O–H groups in total. The van der Waals surface area contributed by atoms with Crippen LogP contribution in [0.25, 0.3) is 0 Å². The molecule has 1 aromatic rings. The van der Waals surface area contributed by atoms with E-state index in [-0.39, 0.29) is 12.0 Å². The van der Waals surface area contributed by atoms with E-state index < -0.39 is 5.60 Å². The monoisotopic (exact) mass is 278 g/mol. The van der Waals surface area contributed by atoms with Gasteiger partial charge in [-0.2, -0.15) is 0 Å². The van der Waals surface area contributed by atoms with Crippen LogP contribution in [0.2, 0.25) is 0 Å². The number of pyridine rings is 1. The first-order valence-corrected chi connectivity index (χ1v) is 7.12. The van der Waals surface area contributed by atoms with Crippen molar-refractivity contribution in [2.24, 2.45) is 0 Å². The van der Waals surface area contributed by atoms with Crippen molar-refractivity contribution in [2.45, 2.75) is 59.7 Å². The molecule has 0 aliphatic carbocycles. The van der Waals surface area contributed by atoms with Gasteiger partial charge in [-0.15, -0.1) is 0 Å². The van der Waals surface area contributed by atoms with Crippen LogP contribution in [0, 0.1) is 6.92 Å². The lowest BCUT2D eigenvalue weighted by molar-refractivity contribution is -0.161. The number of hydrogen-bond donors (Lipinski definition) is 0. The first kappa shape index (κ1) is 16.6. The lowest BCUT2D eigenvalue weighted by Gasteiger charge is -2.29. The topological polar surface area (TPSA) is 42.4 Å². The molecular weight excluding hydrogens is 252 g/mol. The first-order chi connectivity index (χ1) is 9.23. The number of ether oxygens (including phenoxy) is 1. The second-order valence-electron chi connectivity index (χ2n) is 6.04. The molecule has 0 aromatic carbocycles. The van der Waals surface area contributed by atoms with Crippen LogP contribution < -0.4 is 0 Å². The Morgan fingerprint density at radius 2 is 2.05 bits per heavy atom. The summed E-state index contributed by atoms with van der Waals surface area (Å²) < 4.78 is 5.44. The summed E-state index contributed by atoms with van der Waals surface area (Å²) in [6, 6.07) is 5.67. The molecule has 0 aliphatic rings. The number of aryl methyl sites for hydroxylation is 1. The van der Waals surface area contributed by atoms with Crippen LogP contribution in [-0.2, 0) is 16.1 Å². The summed E-state index contributed by atoms with van der Waals surface area (Å²) in [7, 11) is 0. The number of aromatic nitrogens is 1. The number of rotatable bonds is 5. The van der Waals surface area contributed by atoms with Crippen LogP contribution in [0.1, 0.15) is 46.0 Å². The number of carbonyl (C=O) groups is 1. The quantitative estimate of drug-likeness (QED) is 0.777. The van der Waals surface area contributed by atoms with Crippen LogP contribution in [-0.4, -0.2) is 34.0 Å². The van der Waals surface area contributed by atoms with Crippen molar-refractivity contribution in [3.63, 3.8) is 0 Å². The van der Waals surface area contributed by atoms with E-state index in [4.69, 9.17) is 4.74 Å². The van der Waals surface area contributed by atoms with Crippen molar-refractivity contribution >= 4 is 5.97 Å². The predicted octanol–water partition coefficient (Wildman–Crippen LogP) is 2.94. The molecule has 4 heteroatoms. The minimum Gasteiger partial charge on any atom is -0.459 e. The van der Waals surface area contributed by atoms with E-state index in [0.29, 0.717) is 6.54 Å². The molecule has 0 saturated carbocycles. The summed E-state index contributed by atoms with van der Waals surface area (Å²) in [5.74, 6) is -0.188. The molecule has 1 rings (SSSR count). The van der Waals surface area contributed by atoms with Crippen LogP contribution in [0.3, 0.4) is 0 Å². The van der Waals surface area contributed by atoms with Crippen LogP contribution >= 0.6 is 0 Å². The predicted molar refractivity (Wildman–Crippen MR) is 80.4 cm³/mol. The molecule has 0 spiro atoms. The molecule has 4 nitrogen and oxygen atoms in total. The Bertz CT molecular complexity index is 452. The van der Waals surface area contributed by atoms with E-state index in [0.717, 1.165) is 17.9 Å². The molecule has 1 aromatic heterocycles. The molecule has 0 saturated heterocycles. The summed E-state index contributed by atoms with van der Waals surface area (Å²) in [6.45, 7) is 13.0. The number of hydrogen-bond acceptors (Lipinski definition) is 4. The van der Waals surface area contributed by atoms with Crippen molar-refractivity contribution in [3.05, 3.63) is 29.6 Å². The molecule has 1 unspecified atom stereocenters. The maximum Gasteiger partial charge on any atom is 0.323 e. The number of likely N-dealkylation sites (N-methyl/N-ethyl adjacent to an activating group) is 1.